The maximum atomic E-state index is 5.96. The van der Waals surface area contributed by atoms with Crippen molar-refractivity contribution in [1.82, 2.24) is 4.90 Å². The van der Waals surface area contributed by atoms with Gasteiger partial charge < -0.3 is 4.74 Å². The Labute approximate surface area is 157 Å². The molecular weight excluding hydrogens is 318 g/mol. The Bertz CT molecular complexity index is 770. The number of benzene rings is 3. The zero-order valence-electron chi connectivity index (χ0n) is 15.5. The van der Waals surface area contributed by atoms with Gasteiger partial charge in [-0.2, -0.15) is 0 Å². The third-order valence-corrected chi connectivity index (χ3v) is 4.56. The van der Waals surface area contributed by atoms with Crippen molar-refractivity contribution in [2.75, 3.05) is 13.1 Å². The molecular formula is C24H27NO. The van der Waals surface area contributed by atoms with E-state index in [9.17, 15) is 0 Å². The molecule has 3 aromatic carbocycles. The van der Waals surface area contributed by atoms with Crippen molar-refractivity contribution in [3.05, 3.63) is 102 Å². The SMILES string of the molecule is CCN(CCc1ccccc1)Cc1cccc(OCc2ccccc2)c1. The lowest BCUT2D eigenvalue weighted by atomic mass is 10.1. The molecule has 2 heteroatoms. The van der Waals surface area contributed by atoms with Gasteiger partial charge in [-0.1, -0.05) is 79.7 Å². The molecule has 3 aromatic rings. The summed E-state index contributed by atoms with van der Waals surface area (Å²) in [5, 5.41) is 0. The Morgan fingerprint density at radius 1 is 0.731 bits per heavy atom. The van der Waals surface area contributed by atoms with Crippen molar-refractivity contribution >= 4 is 0 Å². The van der Waals surface area contributed by atoms with Gasteiger partial charge in [0, 0.05) is 13.1 Å². The van der Waals surface area contributed by atoms with Gasteiger partial charge in [-0.3, -0.25) is 4.90 Å². The maximum Gasteiger partial charge on any atom is 0.120 e. The number of likely N-dealkylation sites (N-methyl/N-ethyl adjacent to an activating group) is 1. The predicted octanol–water partition coefficient (Wildman–Crippen LogP) is 5.33. The van der Waals surface area contributed by atoms with Crippen LogP contribution in [0, 0.1) is 0 Å². The molecule has 0 amide bonds. The predicted molar refractivity (Wildman–Crippen MR) is 108 cm³/mol. The Hall–Kier alpha value is -2.58. The molecule has 0 heterocycles. The Kier molecular flexibility index (Phi) is 6.86. The summed E-state index contributed by atoms with van der Waals surface area (Å²) >= 11 is 0. The van der Waals surface area contributed by atoms with E-state index in [2.05, 4.69) is 72.5 Å². The first kappa shape index (κ1) is 18.2. The lowest BCUT2D eigenvalue weighted by Crippen LogP contribution is -2.25. The molecule has 0 radical (unpaired) electrons. The van der Waals surface area contributed by atoms with Gasteiger partial charge in [0.1, 0.15) is 12.4 Å². The van der Waals surface area contributed by atoms with E-state index in [-0.39, 0.29) is 0 Å². The van der Waals surface area contributed by atoms with Gasteiger partial charge in [0.15, 0.2) is 0 Å². The zero-order chi connectivity index (χ0) is 18.0. The van der Waals surface area contributed by atoms with Crippen molar-refractivity contribution in [1.29, 1.82) is 0 Å². The highest BCUT2D eigenvalue weighted by Gasteiger charge is 2.06. The topological polar surface area (TPSA) is 12.5 Å². The van der Waals surface area contributed by atoms with Crippen LogP contribution in [0.3, 0.4) is 0 Å². The second-order valence-electron chi connectivity index (χ2n) is 6.53. The normalized spacial score (nSPS) is 10.8. The van der Waals surface area contributed by atoms with Crippen molar-refractivity contribution < 1.29 is 4.74 Å². The van der Waals surface area contributed by atoms with Crippen LogP contribution in [0.1, 0.15) is 23.6 Å². The molecule has 134 valence electrons. The molecule has 0 N–H and O–H groups in total. The van der Waals surface area contributed by atoms with Crippen molar-refractivity contribution in [2.24, 2.45) is 0 Å². The Morgan fingerprint density at radius 3 is 2.08 bits per heavy atom. The highest BCUT2D eigenvalue weighted by atomic mass is 16.5. The molecule has 26 heavy (non-hydrogen) atoms. The molecule has 0 unspecified atom stereocenters. The van der Waals surface area contributed by atoms with Crippen LogP contribution in [0.4, 0.5) is 0 Å². The van der Waals surface area contributed by atoms with Crippen LogP contribution in [-0.2, 0) is 19.6 Å². The Balaban J connectivity index is 1.54. The highest BCUT2D eigenvalue weighted by Crippen LogP contribution is 2.17. The summed E-state index contributed by atoms with van der Waals surface area (Å²) < 4.78 is 5.96. The summed E-state index contributed by atoms with van der Waals surface area (Å²) in [7, 11) is 0. The fourth-order valence-corrected chi connectivity index (χ4v) is 3.01. The second-order valence-corrected chi connectivity index (χ2v) is 6.53. The molecule has 0 bridgehead atoms. The molecule has 0 fully saturated rings. The quantitative estimate of drug-likeness (QED) is 0.520. The number of nitrogens with zero attached hydrogens (tertiary/aromatic N) is 1. The number of hydrogen-bond donors (Lipinski definition) is 0. The van der Waals surface area contributed by atoms with Gasteiger partial charge in [-0.25, -0.2) is 0 Å². The lowest BCUT2D eigenvalue weighted by Gasteiger charge is -2.21. The third kappa shape index (κ3) is 5.75. The summed E-state index contributed by atoms with van der Waals surface area (Å²) in [6.45, 7) is 5.89. The molecule has 0 saturated carbocycles. The third-order valence-electron chi connectivity index (χ3n) is 4.56. The first-order valence-corrected chi connectivity index (χ1v) is 9.35. The molecule has 0 aliphatic rings. The monoisotopic (exact) mass is 345 g/mol. The summed E-state index contributed by atoms with van der Waals surface area (Å²) in [5.41, 5.74) is 3.88. The first-order valence-electron chi connectivity index (χ1n) is 9.35. The van der Waals surface area contributed by atoms with Gasteiger partial charge >= 0.3 is 0 Å². The highest BCUT2D eigenvalue weighted by molar-refractivity contribution is 5.29. The van der Waals surface area contributed by atoms with E-state index in [1.165, 1.54) is 16.7 Å². The molecule has 2 nitrogen and oxygen atoms in total. The second kappa shape index (κ2) is 9.79. The minimum atomic E-state index is 0.607. The van der Waals surface area contributed by atoms with Crippen LogP contribution < -0.4 is 4.74 Å². The van der Waals surface area contributed by atoms with Crippen LogP contribution in [0.2, 0.25) is 0 Å². The van der Waals surface area contributed by atoms with E-state index in [1.807, 2.05) is 24.3 Å². The van der Waals surface area contributed by atoms with Crippen LogP contribution in [-0.4, -0.2) is 18.0 Å². The van der Waals surface area contributed by atoms with Gasteiger partial charge in [0.25, 0.3) is 0 Å². The summed E-state index contributed by atoms with van der Waals surface area (Å²) in [4.78, 5) is 2.48. The van der Waals surface area contributed by atoms with Crippen molar-refractivity contribution in [3.63, 3.8) is 0 Å². The smallest absolute Gasteiger partial charge is 0.120 e. The van der Waals surface area contributed by atoms with Crippen LogP contribution in [0.15, 0.2) is 84.9 Å². The average molecular weight is 345 g/mol. The largest absolute Gasteiger partial charge is 0.489 e. The zero-order valence-corrected chi connectivity index (χ0v) is 15.5. The average Bonchev–Trinajstić information content (AvgIpc) is 2.71. The van der Waals surface area contributed by atoms with Gasteiger partial charge in [-0.15, -0.1) is 0 Å². The summed E-state index contributed by atoms with van der Waals surface area (Å²) in [6, 6.07) is 29.4. The van der Waals surface area contributed by atoms with Crippen molar-refractivity contribution in [3.8, 4) is 5.75 Å². The van der Waals surface area contributed by atoms with Crippen molar-refractivity contribution in [2.45, 2.75) is 26.5 Å². The van der Waals surface area contributed by atoms with E-state index >= 15 is 0 Å². The van der Waals surface area contributed by atoms with E-state index < -0.39 is 0 Å². The minimum Gasteiger partial charge on any atom is -0.489 e. The molecule has 3 rings (SSSR count). The standard InChI is InChI=1S/C24H27NO/c1-2-25(17-16-21-10-5-3-6-11-21)19-23-14-9-15-24(18-23)26-20-22-12-7-4-8-13-22/h3-15,18H,2,16-17,19-20H2,1H3. The maximum absolute atomic E-state index is 5.96. The summed E-state index contributed by atoms with van der Waals surface area (Å²) in [6.07, 6.45) is 1.08. The lowest BCUT2D eigenvalue weighted by molar-refractivity contribution is 0.281. The number of hydrogen-bond acceptors (Lipinski definition) is 2. The molecule has 0 aromatic heterocycles. The minimum absolute atomic E-state index is 0.607. The molecule has 0 aliphatic carbocycles. The van der Waals surface area contributed by atoms with Gasteiger partial charge in [0.05, 0.1) is 0 Å². The first-order chi connectivity index (χ1) is 12.8. The molecule has 0 aliphatic heterocycles. The van der Waals surface area contributed by atoms with E-state index in [0.717, 1.165) is 31.8 Å². The van der Waals surface area contributed by atoms with Gasteiger partial charge in [-0.05, 0) is 41.8 Å². The molecule has 0 spiro atoms. The Morgan fingerprint density at radius 2 is 1.38 bits per heavy atom. The molecule has 0 atom stereocenters. The van der Waals surface area contributed by atoms with E-state index in [1.54, 1.807) is 0 Å². The van der Waals surface area contributed by atoms with Gasteiger partial charge in [0.2, 0.25) is 0 Å². The number of ether oxygens (including phenoxy) is 1. The molecule has 0 saturated heterocycles. The van der Waals surface area contributed by atoms with Crippen LogP contribution in [0.25, 0.3) is 0 Å². The number of rotatable bonds is 9. The fourth-order valence-electron chi connectivity index (χ4n) is 3.01. The van der Waals surface area contributed by atoms with Crippen LogP contribution in [0.5, 0.6) is 5.75 Å². The van der Waals surface area contributed by atoms with Crippen LogP contribution >= 0.6 is 0 Å². The van der Waals surface area contributed by atoms with E-state index in [0.29, 0.717) is 6.61 Å². The summed E-state index contributed by atoms with van der Waals surface area (Å²) in [5.74, 6) is 0.936. The fraction of sp³-hybridized carbons (Fsp3) is 0.250. The van der Waals surface area contributed by atoms with E-state index in [4.69, 9.17) is 4.74 Å².